The van der Waals surface area contributed by atoms with Crippen LogP contribution in [0, 0.1) is 16.7 Å². The fourth-order valence-corrected chi connectivity index (χ4v) is 2.19. The Morgan fingerprint density at radius 1 is 1.47 bits per heavy atom. The van der Waals surface area contributed by atoms with Gasteiger partial charge >= 0.3 is 5.97 Å². The lowest BCUT2D eigenvalue weighted by Crippen LogP contribution is -2.34. The Hall–Kier alpha value is -0.830. The van der Waals surface area contributed by atoms with Crippen molar-refractivity contribution in [3.8, 4) is 0 Å². The predicted molar refractivity (Wildman–Crippen MR) is 67.4 cm³/mol. The minimum Gasteiger partial charge on any atom is -0.465 e. The second-order valence-electron chi connectivity index (χ2n) is 6.61. The SMILES string of the molecule is CC1=CC(C)(C)C(COC(=O)C(C)(C)C)C1O. The maximum Gasteiger partial charge on any atom is 0.311 e. The van der Waals surface area contributed by atoms with Crippen molar-refractivity contribution in [2.45, 2.75) is 47.6 Å². The number of allylic oxidation sites excluding steroid dienone is 1. The van der Waals surface area contributed by atoms with E-state index in [9.17, 15) is 9.90 Å². The summed E-state index contributed by atoms with van der Waals surface area (Å²) in [6.07, 6.45) is 1.56. The fourth-order valence-electron chi connectivity index (χ4n) is 2.19. The standard InChI is InChI=1S/C14H24O3/c1-9-7-14(5,6)10(11(9)15)8-17-12(16)13(2,3)4/h7,10-11,15H,8H2,1-6H3. The molecule has 3 heteroatoms. The fraction of sp³-hybridized carbons (Fsp3) is 0.786. The Balaban J connectivity index is 2.63. The van der Waals surface area contributed by atoms with E-state index in [-0.39, 0.29) is 23.9 Å². The van der Waals surface area contributed by atoms with E-state index >= 15 is 0 Å². The second-order valence-corrected chi connectivity index (χ2v) is 6.61. The molecule has 0 heterocycles. The highest BCUT2D eigenvalue weighted by Gasteiger charge is 2.41. The van der Waals surface area contributed by atoms with E-state index in [0.717, 1.165) is 5.57 Å². The van der Waals surface area contributed by atoms with Crippen molar-refractivity contribution in [2.75, 3.05) is 6.61 Å². The van der Waals surface area contributed by atoms with Crippen LogP contribution in [0.15, 0.2) is 11.6 Å². The summed E-state index contributed by atoms with van der Waals surface area (Å²) in [6, 6.07) is 0. The molecule has 0 aromatic carbocycles. The zero-order valence-corrected chi connectivity index (χ0v) is 11.7. The van der Waals surface area contributed by atoms with Gasteiger partial charge < -0.3 is 9.84 Å². The molecule has 0 bridgehead atoms. The molecule has 0 fully saturated rings. The molecule has 3 nitrogen and oxygen atoms in total. The van der Waals surface area contributed by atoms with Crippen LogP contribution >= 0.6 is 0 Å². The molecule has 2 atom stereocenters. The lowest BCUT2D eigenvalue weighted by molar-refractivity contribution is -0.156. The Morgan fingerprint density at radius 3 is 2.35 bits per heavy atom. The van der Waals surface area contributed by atoms with Crippen molar-refractivity contribution in [1.82, 2.24) is 0 Å². The summed E-state index contributed by atoms with van der Waals surface area (Å²) in [5.41, 5.74) is 0.351. The maximum atomic E-state index is 11.7. The molecule has 0 amide bonds. The van der Waals surface area contributed by atoms with Crippen LogP contribution in [0.2, 0.25) is 0 Å². The van der Waals surface area contributed by atoms with Gasteiger partial charge in [-0.15, -0.1) is 0 Å². The minimum atomic E-state index is -0.502. The van der Waals surface area contributed by atoms with Crippen molar-refractivity contribution in [1.29, 1.82) is 0 Å². The van der Waals surface area contributed by atoms with Gasteiger partial charge in [0.2, 0.25) is 0 Å². The number of aliphatic hydroxyl groups excluding tert-OH is 1. The highest BCUT2D eigenvalue weighted by atomic mass is 16.5. The van der Waals surface area contributed by atoms with Crippen LogP contribution in [0.1, 0.15) is 41.5 Å². The number of hydrogen-bond donors (Lipinski definition) is 1. The lowest BCUT2D eigenvalue weighted by atomic mass is 9.81. The first-order valence-electron chi connectivity index (χ1n) is 6.10. The average Bonchev–Trinajstić information content (AvgIpc) is 2.32. The molecule has 0 saturated carbocycles. The summed E-state index contributed by atoms with van der Waals surface area (Å²) in [4.78, 5) is 11.7. The molecule has 1 aliphatic carbocycles. The summed E-state index contributed by atoms with van der Waals surface area (Å²) in [5, 5.41) is 10.0. The van der Waals surface area contributed by atoms with E-state index in [4.69, 9.17) is 4.74 Å². The van der Waals surface area contributed by atoms with Crippen LogP contribution < -0.4 is 0 Å². The third kappa shape index (κ3) is 3.09. The van der Waals surface area contributed by atoms with Crippen LogP contribution in [0.3, 0.4) is 0 Å². The molecule has 1 N–H and O–H groups in total. The van der Waals surface area contributed by atoms with E-state index in [1.807, 2.05) is 27.7 Å². The van der Waals surface area contributed by atoms with Gasteiger partial charge in [0, 0.05) is 5.92 Å². The first kappa shape index (κ1) is 14.2. The van der Waals surface area contributed by atoms with Crippen molar-refractivity contribution in [2.24, 2.45) is 16.7 Å². The molecule has 1 rings (SSSR count). The van der Waals surface area contributed by atoms with Crippen molar-refractivity contribution < 1.29 is 14.6 Å². The molecule has 0 aliphatic heterocycles. The summed E-state index contributed by atoms with van der Waals surface area (Å²) >= 11 is 0. The summed E-state index contributed by atoms with van der Waals surface area (Å²) in [7, 11) is 0. The number of carbonyl (C=O) groups is 1. The number of esters is 1. The van der Waals surface area contributed by atoms with E-state index in [1.54, 1.807) is 0 Å². The van der Waals surface area contributed by atoms with E-state index in [0.29, 0.717) is 0 Å². The molecule has 98 valence electrons. The smallest absolute Gasteiger partial charge is 0.311 e. The summed E-state index contributed by atoms with van der Waals surface area (Å²) in [5.74, 6) is -0.265. The van der Waals surface area contributed by atoms with Crippen molar-refractivity contribution >= 4 is 5.97 Å². The molecule has 0 radical (unpaired) electrons. The lowest BCUT2D eigenvalue weighted by Gasteiger charge is -2.29. The first-order chi connectivity index (χ1) is 7.55. The summed E-state index contributed by atoms with van der Waals surface area (Å²) in [6.45, 7) is 11.8. The molecule has 1 aliphatic rings. The second kappa shape index (κ2) is 4.45. The topological polar surface area (TPSA) is 46.5 Å². The maximum absolute atomic E-state index is 11.7. The zero-order valence-electron chi connectivity index (χ0n) is 11.7. The zero-order chi connectivity index (χ0) is 13.4. The Labute approximate surface area is 104 Å². The van der Waals surface area contributed by atoms with Gasteiger partial charge in [0.25, 0.3) is 0 Å². The molecular weight excluding hydrogens is 216 g/mol. The quantitative estimate of drug-likeness (QED) is 0.596. The van der Waals surface area contributed by atoms with Gasteiger partial charge in [-0.3, -0.25) is 4.79 Å². The van der Waals surface area contributed by atoms with Gasteiger partial charge in [-0.2, -0.15) is 0 Å². The van der Waals surface area contributed by atoms with Gasteiger partial charge in [-0.25, -0.2) is 0 Å². The predicted octanol–water partition coefficient (Wildman–Crippen LogP) is 2.54. The van der Waals surface area contributed by atoms with E-state index in [1.165, 1.54) is 0 Å². The van der Waals surface area contributed by atoms with Gasteiger partial charge in [0.05, 0.1) is 18.1 Å². The number of ether oxygens (including phenoxy) is 1. The van der Waals surface area contributed by atoms with Crippen LogP contribution in [-0.4, -0.2) is 23.8 Å². The van der Waals surface area contributed by atoms with Crippen LogP contribution in [0.4, 0.5) is 0 Å². The normalized spacial score (nSPS) is 27.8. The number of aliphatic hydroxyl groups is 1. The van der Waals surface area contributed by atoms with Crippen LogP contribution in [0.25, 0.3) is 0 Å². The average molecular weight is 240 g/mol. The van der Waals surface area contributed by atoms with Gasteiger partial charge in [0.1, 0.15) is 0 Å². The molecule has 0 spiro atoms. The van der Waals surface area contributed by atoms with Crippen molar-refractivity contribution in [3.05, 3.63) is 11.6 Å². The Bertz CT molecular complexity index is 334. The molecular formula is C14H24O3. The first-order valence-corrected chi connectivity index (χ1v) is 6.10. The van der Waals surface area contributed by atoms with Gasteiger partial charge in [-0.05, 0) is 38.7 Å². The molecule has 0 aromatic heterocycles. The molecule has 17 heavy (non-hydrogen) atoms. The van der Waals surface area contributed by atoms with E-state index < -0.39 is 11.5 Å². The van der Waals surface area contributed by atoms with E-state index in [2.05, 4.69) is 19.9 Å². The van der Waals surface area contributed by atoms with Gasteiger partial charge in [-0.1, -0.05) is 19.9 Å². The third-order valence-electron chi connectivity index (χ3n) is 3.41. The molecule has 2 unspecified atom stereocenters. The largest absolute Gasteiger partial charge is 0.465 e. The summed E-state index contributed by atoms with van der Waals surface area (Å²) < 4.78 is 5.31. The highest BCUT2D eigenvalue weighted by Crippen LogP contribution is 2.41. The number of rotatable bonds is 2. The molecule has 0 aromatic rings. The van der Waals surface area contributed by atoms with Crippen LogP contribution in [0.5, 0.6) is 0 Å². The number of hydrogen-bond acceptors (Lipinski definition) is 3. The highest BCUT2D eigenvalue weighted by molar-refractivity contribution is 5.75. The Kier molecular flexibility index (Phi) is 3.72. The van der Waals surface area contributed by atoms with Gasteiger partial charge in [0.15, 0.2) is 0 Å². The molecule has 0 saturated heterocycles. The minimum absolute atomic E-state index is 0.0474. The monoisotopic (exact) mass is 240 g/mol. The Morgan fingerprint density at radius 2 is 2.00 bits per heavy atom. The third-order valence-corrected chi connectivity index (χ3v) is 3.41. The number of carbonyl (C=O) groups excluding carboxylic acids is 1. The van der Waals surface area contributed by atoms with Crippen molar-refractivity contribution in [3.63, 3.8) is 0 Å². The van der Waals surface area contributed by atoms with Crippen LogP contribution in [-0.2, 0) is 9.53 Å².